The Hall–Kier alpha value is -1.91. The van der Waals surface area contributed by atoms with Crippen LogP contribution >= 0.6 is 31.9 Å². The Morgan fingerprint density at radius 1 is 0.880 bits per heavy atom. The van der Waals surface area contributed by atoms with Crippen LogP contribution in [0.2, 0.25) is 0 Å². The van der Waals surface area contributed by atoms with Gasteiger partial charge in [0.05, 0.1) is 6.04 Å². The topological polar surface area (TPSA) is 21.6 Å². The van der Waals surface area contributed by atoms with Crippen LogP contribution in [0.15, 0.2) is 86.7 Å². The normalized spacial score (nSPS) is 12.3. The van der Waals surface area contributed by atoms with E-state index in [0.29, 0.717) is 0 Å². The average Bonchev–Trinajstić information content (AvgIpc) is 2.61. The SMILES string of the molecule is CC(N=Cc1cccc(Oc2ccccc2)c1)c1ccc(Br)cc1Br. The molecule has 2 nitrogen and oxygen atoms in total. The van der Waals surface area contributed by atoms with Crippen LogP contribution in [0, 0.1) is 0 Å². The minimum Gasteiger partial charge on any atom is -0.457 e. The van der Waals surface area contributed by atoms with Crippen LogP contribution in [0.25, 0.3) is 0 Å². The van der Waals surface area contributed by atoms with Gasteiger partial charge in [-0.1, -0.05) is 68.3 Å². The lowest BCUT2D eigenvalue weighted by Gasteiger charge is -2.10. The number of rotatable bonds is 5. The van der Waals surface area contributed by atoms with Crippen molar-refractivity contribution in [2.24, 2.45) is 4.99 Å². The highest BCUT2D eigenvalue weighted by molar-refractivity contribution is 9.11. The number of ether oxygens (including phenoxy) is 1. The number of halogens is 2. The smallest absolute Gasteiger partial charge is 0.128 e. The fraction of sp³-hybridized carbons (Fsp3) is 0.0952. The Balaban J connectivity index is 1.74. The summed E-state index contributed by atoms with van der Waals surface area (Å²) in [6.07, 6.45) is 1.89. The molecule has 0 spiro atoms. The quantitative estimate of drug-likeness (QED) is 0.371. The molecule has 1 unspecified atom stereocenters. The van der Waals surface area contributed by atoms with E-state index in [4.69, 9.17) is 4.74 Å². The molecule has 0 saturated carbocycles. The third kappa shape index (κ3) is 5.03. The Kier molecular flexibility index (Phi) is 6.05. The zero-order chi connectivity index (χ0) is 17.6. The molecule has 126 valence electrons. The Morgan fingerprint density at radius 3 is 2.40 bits per heavy atom. The molecule has 0 N–H and O–H groups in total. The fourth-order valence-electron chi connectivity index (χ4n) is 2.40. The van der Waals surface area contributed by atoms with Crippen LogP contribution in [-0.2, 0) is 0 Å². The number of aliphatic imine (C=N–C) groups is 1. The van der Waals surface area contributed by atoms with Gasteiger partial charge >= 0.3 is 0 Å². The lowest BCUT2D eigenvalue weighted by molar-refractivity contribution is 0.482. The van der Waals surface area contributed by atoms with Gasteiger partial charge in [-0.05, 0) is 54.4 Å². The summed E-state index contributed by atoms with van der Waals surface area (Å²) in [4.78, 5) is 4.68. The second-order valence-electron chi connectivity index (χ2n) is 5.61. The van der Waals surface area contributed by atoms with E-state index in [1.165, 1.54) is 0 Å². The Morgan fingerprint density at radius 2 is 1.64 bits per heavy atom. The largest absolute Gasteiger partial charge is 0.457 e. The maximum Gasteiger partial charge on any atom is 0.128 e. The van der Waals surface area contributed by atoms with Gasteiger partial charge in [0.25, 0.3) is 0 Å². The zero-order valence-electron chi connectivity index (χ0n) is 13.7. The molecular formula is C21H17Br2NO. The molecule has 4 heteroatoms. The zero-order valence-corrected chi connectivity index (χ0v) is 16.9. The second kappa shape index (κ2) is 8.45. The highest BCUT2D eigenvalue weighted by Crippen LogP contribution is 2.29. The van der Waals surface area contributed by atoms with E-state index in [1.807, 2.05) is 72.9 Å². The highest BCUT2D eigenvalue weighted by atomic mass is 79.9. The van der Waals surface area contributed by atoms with Gasteiger partial charge in [0.1, 0.15) is 11.5 Å². The Labute approximate surface area is 164 Å². The van der Waals surface area contributed by atoms with E-state index < -0.39 is 0 Å². The molecule has 0 amide bonds. The third-order valence-electron chi connectivity index (χ3n) is 3.70. The van der Waals surface area contributed by atoms with Crippen LogP contribution in [-0.4, -0.2) is 6.21 Å². The first-order valence-electron chi connectivity index (χ1n) is 7.93. The molecule has 0 radical (unpaired) electrons. The van der Waals surface area contributed by atoms with E-state index >= 15 is 0 Å². The van der Waals surface area contributed by atoms with Gasteiger partial charge in [-0.25, -0.2) is 0 Å². The molecule has 0 saturated heterocycles. The lowest BCUT2D eigenvalue weighted by atomic mass is 10.1. The van der Waals surface area contributed by atoms with Crippen molar-refractivity contribution >= 4 is 38.1 Å². The van der Waals surface area contributed by atoms with Crippen molar-refractivity contribution in [1.82, 2.24) is 0 Å². The lowest BCUT2D eigenvalue weighted by Crippen LogP contribution is -1.93. The maximum atomic E-state index is 5.87. The molecule has 0 fully saturated rings. The molecule has 0 aliphatic heterocycles. The van der Waals surface area contributed by atoms with Crippen LogP contribution in [0.3, 0.4) is 0 Å². The predicted molar refractivity (Wildman–Crippen MR) is 111 cm³/mol. The van der Waals surface area contributed by atoms with Crippen molar-refractivity contribution in [2.75, 3.05) is 0 Å². The van der Waals surface area contributed by atoms with Gasteiger partial charge in [0.2, 0.25) is 0 Å². The highest BCUT2D eigenvalue weighted by Gasteiger charge is 2.07. The summed E-state index contributed by atoms with van der Waals surface area (Å²) in [5.41, 5.74) is 2.16. The van der Waals surface area contributed by atoms with Gasteiger partial charge in [0.15, 0.2) is 0 Å². The van der Waals surface area contributed by atoms with Crippen LogP contribution in [0.1, 0.15) is 24.1 Å². The monoisotopic (exact) mass is 457 g/mol. The minimum absolute atomic E-state index is 0.0566. The summed E-state index contributed by atoms with van der Waals surface area (Å²) >= 11 is 7.07. The van der Waals surface area contributed by atoms with Crippen molar-refractivity contribution in [1.29, 1.82) is 0 Å². The van der Waals surface area contributed by atoms with Crippen molar-refractivity contribution in [3.8, 4) is 11.5 Å². The summed E-state index contributed by atoms with van der Waals surface area (Å²) in [5.74, 6) is 1.62. The molecule has 3 rings (SSSR count). The predicted octanol–water partition coefficient (Wildman–Crippen LogP) is 7.18. The Bertz CT molecular complexity index is 878. The van der Waals surface area contributed by atoms with E-state index in [-0.39, 0.29) is 6.04 Å². The first-order chi connectivity index (χ1) is 12.1. The first kappa shape index (κ1) is 17.9. The average molecular weight is 459 g/mol. The molecular weight excluding hydrogens is 442 g/mol. The van der Waals surface area contributed by atoms with Gasteiger partial charge in [-0.15, -0.1) is 0 Å². The van der Waals surface area contributed by atoms with E-state index in [0.717, 1.165) is 31.6 Å². The van der Waals surface area contributed by atoms with Crippen LogP contribution < -0.4 is 4.74 Å². The van der Waals surface area contributed by atoms with Crippen molar-refractivity contribution in [2.45, 2.75) is 13.0 Å². The number of hydrogen-bond acceptors (Lipinski definition) is 2. The third-order valence-corrected chi connectivity index (χ3v) is 4.88. The second-order valence-corrected chi connectivity index (χ2v) is 7.38. The van der Waals surface area contributed by atoms with Gasteiger partial charge in [0, 0.05) is 15.2 Å². The molecule has 0 heterocycles. The maximum absolute atomic E-state index is 5.87. The van der Waals surface area contributed by atoms with Crippen molar-refractivity contribution < 1.29 is 4.74 Å². The first-order valence-corrected chi connectivity index (χ1v) is 9.51. The van der Waals surface area contributed by atoms with Crippen LogP contribution in [0.5, 0.6) is 11.5 Å². The standard InChI is InChI=1S/C21H17Br2NO/c1-15(20-11-10-17(22)13-21(20)23)24-14-16-6-5-9-19(12-16)25-18-7-3-2-4-8-18/h2-15H,1H3. The summed E-state index contributed by atoms with van der Waals surface area (Å²) in [6.45, 7) is 2.08. The summed E-state index contributed by atoms with van der Waals surface area (Å²) in [5, 5.41) is 0. The summed E-state index contributed by atoms with van der Waals surface area (Å²) < 4.78 is 7.96. The van der Waals surface area contributed by atoms with E-state index in [9.17, 15) is 0 Å². The number of benzene rings is 3. The van der Waals surface area contributed by atoms with Gasteiger partial charge in [-0.3, -0.25) is 4.99 Å². The summed E-state index contributed by atoms with van der Waals surface area (Å²) in [7, 11) is 0. The van der Waals surface area contributed by atoms with Crippen LogP contribution in [0.4, 0.5) is 0 Å². The van der Waals surface area contributed by atoms with Crippen molar-refractivity contribution in [3.05, 3.63) is 92.9 Å². The minimum atomic E-state index is 0.0566. The number of para-hydroxylation sites is 1. The van der Waals surface area contributed by atoms with Gasteiger partial charge in [-0.2, -0.15) is 0 Å². The number of nitrogens with zero attached hydrogens (tertiary/aromatic N) is 1. The molecule has 3 aromatic carbocycles. The van der Waals surface area contributed by atoms with Crippen molar-refractivity contribution in [3.63, 3.8) is 0 Å². The van der Waals surface area contributed by atoms with Gasteiger partial charge < -0.3 is 4.74 Å². The van der Waals surface area contributed by atoms with E-state index in [2.05, 4.69) is 49.8 Å². The molecule has 25 heavy (non-hydrogen) atoms. The molecule has 0 aromatic heterocycles. The molecule has 3 aromatic rings. The summed E-state index contributed by atoms with van der Waals surface area (Å²) in [6, 6.07) is 23.9. The number of hydrogen-bond donors (Lipinski definition) is 0. The molecule has 0 bridgehead atoms. The van der Waals surface area contributed by atoms with E-state index in [1.54, 1.807) is 0 Å². The fourth-order valence-corrected chi connectivity index (χ4v) is 3.78. The molecule has 1 atom stereocenters. The molecule has 0 aliphatic carbocycles. The molecule has 0 aliphatic rings.